The van der Waals surface area contributed by atoms with E-state index in [1.165, 1.54) is 58.5 Å². The lowest BCUT2D eigenvalue weighted by atomic mass is 10.1. The van der Waals surface area contributed by atoms with Crippen molar-refractivity contribution in [2.75, 3.05) is 45.8 Å². The van der Waals surface area contributed by atoms with Gasteiger partial charge in [-0.1, -0.05) is 20.8 Å². The van der Waals surface area contributed by atoms with E-state index in [-0.39, 0.29) is 5.54 Å². The van der Waals surface area contributed by atoms with Gasteiger partial charge in [0.05, 0.1) is 0 Å². The minimum absolute atomic E-state index is 0.258. The molecule has 3 nitrogen and oxygen atoms in total. The Morgan fingerprint density at radius 3 is 1.70 bits per heavy atom. The molecule has 0 atom stereocenters. The Morgan fingerprint density at radius 1 is 0.700 bits per heavy atom. The van der Waals surface area contributed by atoms with Gasteiger partial charge in [0, 0.05) is 5.54 Å². The first kappa shape index (κ1) is 19.9. The van der Waals surface area contributed by atoms with Gasteiger partial charge in [-0.05, 0) is 85.8 Å². The summed E-state index contributed by atoms with van der Waals surface area (Å²) in [5.74, 6) is 0. The molecule has 0 saturated carbocycles. The maximum Gasteiger partial charge on any atom is 0.00965 e. The number of rotatable bonds is 12. The molecule has 0 aromatic carbocycles. The molecule has 122 valence electrons. The van der Waals surface area contributed by atoms with Gasteiger partial charge in [0.15, 0.2) is 0 Å². The van der Waals surface area contributed by atoms with E-state index in [2.05, 4.69) is 56.7 Å². The van der Waals surface area contributed by atoms with Gasteiger partial charge in [0.2, 0.25) is 0 Å². The molecule has 0 rings (SSSR count). The van der Waals surface area contributed by atoms with Crippen LogP contribution in [-0.2, 0) is 0 Å². The van der Waals surface area contributed by atoms with Crippen LogP contribution in [0.25, 0.3) is 0 Å². The summed E-state index contributed by atoms with van der Waals surface area (Å²) >= 11 is 0. The molecule has 0 bridgehead atoms. The van der Waals surface area contributed by atoms with Crippen LogP contribution in [0.15, 0.2) is 0 Å². The lowest BCUT2D eigenvalue weighted by molar-refractivity contribution is 0.240. The molecule has 20 heavy (non-hydrogen) atoms. The van der Waals surface area contributed by atoms with Crippen molar-refractivity contribution < 1.29 is 0 Å². The van der Waals surface area contributed by atoms with Crippen molar-refractivity contribution in [3.63, 3.8) is 0 Å². The van der Waals surface area contributed by atoms with Crippen molar-refractivity contribution in [3.8, 4) is 0 Å². The zero-order valence-corrected chi connectivity index (χ0v) is 15.0. The molecule has 0 fully saturated rings. The predicted octanol–water partition coefficient (Wildman–Crippen LogP) is 3.21. The second-order valence-corrected chi connectivity index (χ2v) is 6.70. The van der Waals surface area contributed by atoms with Crippen LogP contribution in [0.1, 0.15) is 60.8 Å². The van der Waals surface area contributed by atoms with E-state index in [9.17, 15) is 0 Å². The Kier molecular flexibility index (Phi) is 11.5. The van der Waals surface area contributed by atoms with Gasteiger partial charge in [-0.3, -0.25) is 0 Å². The molecule has 0 aromatic heterocycles. The fourth-order valence-electron chi connectivity index (χ4n) is 2.41. The highest BCUT2D eigenvalue weighted by molar-refractivity contribution is 4.70. The van der Waals surface area contributed by atoms with Crippen molar-refractivity contribution >= 4 is 0 Å². The van der Waals surface area contributed by atoms with E-state index in [4.69, 9.17) is 0 Å². The van der Waals surface area contributed by atoms with Crippen LogP contribution >= 0.6 is 0 Å². The summed E-state index contributed by atoms with van der Waals surface area (Å²) in [4.78, 5) is 5.11. The largest absolute Gasteiger partial charge is 0.312 e. The zero-order chi connectivity index (χ0) is 15.4. The summed E-state index contributed by atoms with van der Waals surface area (Å²) in [6.07, 6.45) is 3.89. The number of hydrogen-bond donors (Lipinski definition) is 1. The van der Waals surface area contributed by atoms with Gasteiger partial charge in [0.1, 0.15) is 0 Å². The van der Waals surface area contributed by atoms with Crippen molar-refractivity contribution in [1.82, 2.24) is 15.1 Å². The van der Waals surface area contributed by atoms with Gasteiger partial charge < -0.3 is 15.1 Å². The molecule has 0 saturated heterocycles. The number of nitrogens with one attached hydrogen (secondary N) is 1. The second kappa shape index (κ2) is 11.5. The summed E-state index contributed by atoms with van der Waals surface area (Å²) < 4.78 is 0. The van der Waals surface area contributed by atoms with E-state index in [0.717, 1.165) is 6.54 Å². The van der Waals surface area contributed by atoms with Crippen LogP contribution in [-0.4, -0.2) is 61.2 Å². The first-order valence-electron chi connectivity index (χ1n) is 8.62. The summed E-state index contributed by atoms with van der Waals surface area (Å²) in [5, 5.41) is 3.56. The zero-order valence-electron chi connectivity index (χ0n) is 15.0. The monoisotopic (exact) mass is 285 g/mol. The Morgan fingerprint density at radius 2 is 1.20 bits per heavy atom. The Labute approximate surface area is 128 Å². The summed E-state index contributed by atoms with van der Waals surface area (Å²) in [7, 11) is 0. The Balaban J connectivity index is 3.61. The molecule has 0 aliphatic heterocycles. The molecule has 0 aromatic rings. The molecule has 0 aliphatic carbocycles. The molecule has 0 aliphatic rings. The molecule has 0 radical (unpaired) electrons. The SMILES string of the molecule is CCN(CC)CCCN(CC)CCCCNC(C)(C)C. The molecular weight excluding hydrogens is 246 g/mol. The predicted molar refractivity (Wildman–Crippen MR) is 91.5 cm³/mol. The minimum atomic E-state index is 0.258. The minimum Gasteiger partial charge on any atom is -0.312 e. The van der Waals surface area contributed by atoms with Crippen LogP contribution in [0.2, 0.25) is 0 Å². The van der Waals surface area contributed by atoms with E-state index >= 15 is 0 Å². The third-order valence-electron chi connectivity index (χ3n) is 3.85. The number of nitrogens with zero attached hydrogens (tertiary/aromatic N) is 2. The molecule has 0 spiro atoms. The smallest absolute Gasteiger partial charge is 0.00965 e. The number of hydrogen-bond acceptors (Lipinski definition) is 3. The van der Waals surface area contributed by atoms with E-state index in [1.54, 1.807) is 0 Å². The van der Waals surface area contributed by atoms with E-state index < -0.39 is 0 Å². The van der Waals surface area contributed by atoms with Crippen molar-refractivity contribution in [1.29, 1.82) is 0 Å². The molecule has 1 N–H and O–H groups in total. The lowest BCUT2D eigenvalue weighted by Gasteiger charge is -2.24. The third-order valence-corrected chi connectivity index (χ3v) is 3.85. The van der Waals surface area contributed by atoms with E-state index in [1.807, 2.05) is 0 Å². The first-order chi connectivity index (χ1) is 9.42. The van der Waals surface area contributed by atoms with Crippen LogP contribution in [0, 0.1) is 0 Å². The second-order valence-electron chi connectivity index (χ2n) is 6.70. The molecular formula is C17H39N3. The highest BCUT2D eigenvalue weighted by Gasteiger charge is 2.08. The van der Waals surface area contributed by atoms with Crippen LogP contribution in [0.3, 0.4) is 0 Å². The normalized spacial score (nSPS) is 12.6. The van der Waals surface area contributed by atoms with Crippen molar-refractivity contribution in [3.05, 3.63) is 0 Å². The van der Waals surface area contributed by atoms with Gasteiger partial charge in [-0.2, -0.15) is 0 Å². The van der Waals surface area contributed by atoms with Crippen LogP contribution in [0.5, 0.6) is 0 Å². The Bertz CT molecular complexity index is 207. The van der Waals surface area contributed by atoms with Gasteiger partial charge in [0.25, 0.3) is 0 Å². The van der Waals surface area contributed by atoms with Crippen LogP contribution in [0.4, 0.5) is 0 Å². The van der Waals surface area contributed by atoms with Gasteiger partial charge in [-0.15, -0.1) is 0 Å². The summed E-state index contributed by atoms with van der Waals surface area (Å²) in [6, 6.07) is 0. The topological polar surface area (TPSA) is 18.5 Å². The molecule has 3 heteroatoms. The molecule has 0 amide bonds. The quantitative estimate of drug-likeness (QED) is 0.556. The molecule has 0 unspecified atom stereocenters. The average Bonchev–Trinajstić information content (AvgIpc) is 2.39. The maximum absolute atomic E-state index is 3.56. The molecule has 0 heterocycles. The average molecular weight is 286 g/mol. The maximum atomic E-state index is 3.56. The van der Waals surface area contributed by atoms with Crippen molar-refractivity contribution in [2.24, 2.45) is 0 Å². The van der Waals surface area contributed by atoms with Gasteiger partial charge >= 0.3 is 0 Å². The van der Waals surface area contributed by atoms with Gasteiger partial charge in [-0.25, -0.2) is 0 Å². The van der Waals surface area contributed by atoms with Crippen molar-refractivity contribution in [2.45, 2.75) is 66.3 Å². The summed E-state index contributed by atoms with van der Waals surface area (Å²) in [6.45, 7) is 21.9. The van der Waals surface area contributed by atoms with Crippen LogP contribution < -0.4 is 5.32 Å². The fraction of sp³-hybridized carbons (Fsp3) is 1.00. The summed E-state index contributed by atoms with van der Waals surface area (Å²) in [5.41, 5.74) is 0.258. The highest BCUT2D eigenvalue weighted by atomic mass is 15.1. The first-order valence-corrected chi connectivity index (χ1v) is 8.62. The van der Waals surface area contributed by atoms with E-state index in [0.29, 0.717) is 0 Å². The standard InChI is InChI=1S/C17H39N3/c1-7-19(8-2)15-12-16-20(9-3)14-11-10-13-18-17(4,5)6/h18H,7-16H2,1-6H3. The Hall–Kier alpha value is -0.120. The third kappa shape index (κ3) is 11.7. The highest BCUT2D eigenvalue weighted by Crippen LogP contribution is 2.01. The number of unbranched alkanes of at least 4 members (excludes halogenated alkanes) is 1. The fourth-order valence-corrected chi connectivity index (χ4v) is 2.41. The lowest BCUT2D eigenvalue weighted by Crippen LogP contribution is -2.36.